The van der Waals surface area contributed by atoms with E-state index in [1.54, 1.807) is 0 Å². The Kier molecular flexibility index (Phi) is 5.17. The first-order valence-electron chi connectivity index (χ1n) is 13.6. The highest BCUT2D eigenvalue weighted by Gasteiger charge is 2.17. The van der Waals surface area contributed by atoms with E-state index in [1.165, 1.54) is 21.5 Å². The molecule has 0 N–H and O–H groups in total. The fourth-order valence-electron chi connectivity index (χ4n) is 5.96. The Morgan fingerprint density at radius 2 is 0.950 bits per heavy atom. The highest BCUT2D eigenvalue weighted by Crippen LogP contribution is 2.41. The van der Waals surface area contributed by atoms with Crippen molar-refractivity contribution in [3.05, 3.63) is 152 Å². The Morgan fingerprint density at radius 1 is 0.375 bits per heavy atom. The number of rotatable bonds is 4. The van der Waals surface area contributed by atoms with Gasteiger partial charge < -0.3 is 9.32 Å². The third-order valence-electron chi connectivity index (χ3n) is 7.84. The molecule has 0 aliphatic rings. The normalized spacial score (nSPS) is 11.5. The first-order valence-corrected chi connectivity index (χ1v) is 13.6. The molecule has 0 saturated heterocycles. The first-order chi connectivity index (χ1) is 19.8. The summed E-state index contributed by atoms with van der Waals surface area (Å²) >= 11 is 0. The minimum Gasteiger partial charge on any atom is -0.455 e. The third kappa shape index (κ3) is 3.58. The monoisotopic (exact) mass is 511 g/mol. The van der Waals surface area contributed by atoms with Crippen molar-refractivity contribution < 1.29 is 4.42 Å². The second kappa shape index (κ2) is 9.14. The molecule has 0 bridgehead atoms. The SMILES string of the molecule is c1ccc(N(c2ccccc2)c2ccc(-c3cccc4c3oc3c4ccc4ccc5ccccc5c43)cc2)cc1. The summed E-state index contributed by atoms with van der Waals surface area (Å²) in [4.78, 5) is 2.28. The molecule has 0 amide bonds. The molecule has 8 aromatic rings. The highest BCUT2D eigenvalue weighted by molar-refractivity contribution is 6.23. The molecule has 8 rings (SSSR count). The Labute approximate surface area is 232 Å². The van der Waals surface area contributed by atoms with Crippen LogP contribution in [-0.2, 0) is 0 Å². The number of nitrogens with zero attached hydrogens (tertiary/aromatic N) is 1. The lowest BCUT2D eigenvalue weighted by molar-refractivity contribution is 0.674. The summed E-state index contributed by atoms with van der Waals surface area (Å²) in [5, 5.41) is 7.10. The van der Waals surface area contributed by atoms with Crippen molar-refractivity contribution in [2.45, 2.75) is 0 Å². The number of anilines is 3. The summed E-state index contributed by atoms with van der Waals surface area (Å²) in [6.07, 6.45) is 0. The van der Waals surface area contributed by atoms with Crippen LogP contribution >= 0.6 is 0 Å². The molecule has 0 aliphatic heterocycles. The van der Waals surface area contributed by atoms with Crippen LogP contribution in [0.3, 0.4) is 0 Å². The van der Waals surface area contributed by atoms with Crippen LogP contribution < -0.4 is 4.90 Å². The predicted octanol–water partition coefficient (Wildman–Crippen LogP) is 11.0. The summed E-state index contributed by atoms with van der Waals surface area (Å²) in [5.74, 6) is 0. The van der Waals surface area contributed by atoms with Gasteiger partial charge >= 0.3 is 0 Å². The van der Waals surface area contributed by atoms with Gasteiger partial charge in [0.1, 0.15) is 11.2 Å². The number of para-hydroxylation sites is 3. The molecular formula is C38H25NO. The minimum absolute atomic E-state index is 0.925. The fourth-order valence-corrected chi connectivity index (χ4v) is 5.96. The lowest BCUT2D eigenvalue weighted by Gasteiger charge is -2.25. The number of benzene rings is 7. The summed E-state index contributed by atoms with van der Waals surface area (Å²) in [6, 6.07) is 53.6. The molecule has 0 unspecified atom stereocenters. The van der Waals surface area contributed by atoms with Crippen LogP contribution in [0.25, 0.3) is 54.6 Å². The van der Waals surface area contributed by atoms with E-state index in [-0.39, 0.29) is 0 Å². The van der Waals surface area contributed by atoms with Gasteiger partial charge in [0.2, 0.25) is 0 Å². The minimum atomic E-state index is 0.925. The smallest absolute Gasteiger partial charge is 0.143 e. The molecule has 0 atom stereocenters. The van der Waals surface area contributed by atoms with Crippen molar-refractivity contribution >= 4 is 60.5 Å². The lowest BCUT2D eigenvalue weighted by Crippen LogP contribution is -2.09. The average molecular weight is 512 g/mol. The van der Waals surface area contributed by atoms with Crippen LogP contribution in [-0.4, -0.2) is 0 Å². The van der Waals surface area contributed by atoms with E-state index in [0.29, 0.717) is 0 Å². The average Bonchev–Trinajstić information content (AvgIpc) is 3.42. The van der Waals surface area contributed by atoms with E-state index in [1.807, 2.05) is 0 Å². The van der Waals surface area contributed by atoms with Gasteiger partial charge in [0, 0.05) is 38.8 Å². The van der Waals surface area contributed by atoms with E-state index in [4.69, 9.17) is 4.42 Å². The molecule has 0 aliphatic carbocycles. The molecule has 2 nitrogen and oxygen atoms in total. The van der Waals surface area contributed by atoms with Gasteiger partial charge in [-0.15, -0.1) is 0 Å². The van der Waals surface area contributed by atoms with E-state index < -0.39 is 0 Å². The van der Waals surface area contributed by atoms with Crippen LogP contribution in [0.5, 0.6) is 0 Å². The Bertz CT molecular complexity index is 2100. The summed E-state index contributed by atoms with van der Waals surface area (Å²) in [7, 11) is 0. The summed E-state index contributed by atoms with van der Waals surface area (Å²) in [5.41, 5.74) is 7.46. The van der Waals surface area contributed by atoms with Gasteiger partial charge in [0.05, 0.1) is 0 Å². The maximum Gasteiger partial charge on any atom is 0.143 e. The van der Waals surface area contributed by atoms with Crippen molar-refractivity contribution in [2.75, 3.05) is 4.90 Å². The predicted molar refractivity (Wildman–Crippen MR) is 169 cm³/mol. The zero-order chi connectivity index (χ0) is 26.5. The number of fused-ring (bicyclic) bond motifs is 7. The standard InChI is InChI=1S/C38H25NO/c1-3-11-29(12-4-1)39(30-13-5-2-6-14-30)31-23-20-27(21-24-31)33-16-9-17-34-35-25-22-28-19-18-26-10-7-8-15-32(26)36(28)38(35)40-37(33)34/h1-25H. The molecule has 0 spiro atoms. The summed E-state index contributed by atoms with van der Waals surface area (Å²) < 4.78 is 6.77. The molecule has 40 heavy (non-hydrogen) atoms. The molecule has 1 aromatic heterocycles. The third-order valence-corrected chi connectivity index (χ3v) is 7.84. The van der Waals surface area contributed by atoms with Crippen molar-refractivity contribution in [1.29, 1.82) is 0 Å². The largest absolute Gasteiger partial charge is 0.455 e. The van der Waals surface area contributed by atoms with Crippen LogP contribution in [0.1, 0.15) is 0 Å². The zero-order valence-corrected chi connectivity index (χ0v) is 21.8. The second-order valence-corrected chi connectivity index (χ2v) is 10.2. The summed E-state index contributed by atoms with van der Waals surface area (Å²) in [6.45, 7) is 0. The van der Waals surface area contributed by atoms with Crippen molar-refractivity contribution in [1.82, 2.24) is 0 Å². The Hall–Kier alpha value is -5.34. The van der Waals surface area contributed by atoms with Crippen LogP contribution in [0.15, 0.2) is 156 Å². The number of hydrogen-bond donors (Lipinski definition) is 0. The van der Waals surface area contributed by atoms with Crippen LogP contribution in [0.4, 0.5) is 17.1 Å². The number of hydrogen-bond acceptors (Lipinski definition) is 2. The first kappa shape index (κ1) is 22.6. The molecule has 2 heteroatoms. The molecule has 188 valence electrons. The van der Waals surface area contributed by atoms with Crippen molar-refractivity contribution in [3.8, 4) is 11.1 Å². The van der Waals surface area contributed by atoms with Gasteiger partial charge in [-0.3, -0.25) is 0 Å². The fraction of sp³-hybridized carbons (Fsp3) is 0. The quantitative estimate of drug-likeness (QED) is 0.218. The van der Waals surface area contributed by atoms with Gasteiger partial charge in [-0.25, -0.2) is 0 Å². The topological polar surface area (TPSA) is 16.4 Å². The van der Waals surface area contributed by atoms with Crippen molar-refractivity contribution in [3.63, 3.8) is 0 Å². The second-order valence-electron chi connectivity index (χ2n) is 10.2. The zero-order valence-electron chi connectivity index (χ0n) is 21.8. The molecule has 0 radical (unpaired) electrons. The molecule has 0 saturated carbocycles. The van der Waals surface area contributed by atoms with Crippen LogP contribution in [0, 0.1) is 0 Å². The van der Waals surface area contributed by atoms with E-state index in [2.05, 4.69) is 157 Å². The lowest BCUT2D eigenvalue weighted by atomic mass is 9.98. The highest BCUT2D eigenvalue weighted by atomic mass is 16.3. The molecule has 0 fully saturated rings. The van der Waals surface area contributed by atoms with Gasteiger partial charge in [-0.2, -0.15) is 0 Å². The molecule has 7 aromatic carbocycles. The van der Waals surface area contributed by atoms with E-state index >= 15 is 0 Å². The van der Waals surface area contributed by atoms with Gasteiger partial charge in [-0.05, 0) is 64.2 Å². The van der Waals surface area contributed by atoms with E-state index in [0.717, 1.165) is 50.1 Å². The van der Waals surface area contributed by atoms with Crippen molar-refractivity contribution in [2.24, 2.45) is 0 Å². The van der Waals surface area contributed by atoms with Gasteiger partial charge in [-0.1, -0.05) is 109 Å². The molecular weight excluding hydrogens is 486 g/mol. The Morgan fingerprint density at radius 3 is 1.70 bits per heavy atom. The van der Waals surface area contributed by atoms with Gasteiger partial charge in [0.25, 0.3) is 0 Å². The van der Waals surface area contributed by atoms with Gasteiger partial charge in [0.15, 0.2) is 0 Å². The number of furan rings is 1. The maximum atomic E-state index is 6.77. The van der Waals surface area contributed by atoms with E-state index in [9.17, 15) is 0 Å². The molecule has 1 heterocycles. The van der Waals surface area contributed by atoms with Crippen LogP contribution in [0.2, 0.25) is 0 Å². The Balaban J connectivity index is 1.29. The maximum absolute atomic E-state index is 6.77.